The average molecular weight is 412 g/mol. The summed E-state index contributed by atoms with van der Waals surface area (Å²) in [6, 6.07) is 15.7. The molecule has 1 aromatic heterocycles. The lowest BCUT2D eigenvalue weighted by atomic mass is 10.0. The number of likely N-dealkylation sites (N-methyl/N-ethyl adjacent to an activating group) is 1. The van der Waals surface area contributed by atoms with E-state index in [1.165, 1.54) is 0 Å². The van der Waals surface area contributed by atoms with Crippen LogP contribution in [0, 0.1) is 6.92 Å². The summed E-state index contributed by atoms with van der Waals surface area (Å²) in [6.07, 6.45) is 0. The molecule has 6 heteroatoms. The number of piperazine rings is 1. The van der Waals surface area contributed by atoms with Gasteiger partial charge in [-0.2, -0.15) is 0 Å². The second-order valence-electron chi connectivity index (χ2n) is 7.67. The molecule has 2 heterocycles. The zero-order valence-electron chi connectivity index (χ0n) is 16.8. The van der Waals surface area contributed by atoms with Crippen molar-refractivity contribution in [2.75, 3.05) is 39.8 Å². The van der Waals surface area contributed by atoms with E-state index >= 15 is 0 Å². The van der Waals surface area contributed by atoms with Crippen LogP contribution in [0.1, 0.15) is 27.7 Å². The smallest absolute Gasteiger partial charge is 0.287 e. The molecular weight excluding hydrogens is 386 g/mol. The Kier molecular flexibility index (Phi) is 5.90. The number of hydrogen-bond acceptors (Lipinski definition) is 4. The molecule has 0 aliphatic carbocycles. The zero-order valence-corrected chi connectivity index (χ0v) is 17.6. The Bertz CT molecular complexity index is 991. The summed E-state index contributed by atoms with van der Waals surface area (Å²) in [5.74, 6) is 0.214. The fourth-order valence-corrected chi connectivity index (χ4v) is 4.06. The first-order chi connectivity index (χ1) is 14.0. The summed E-state index contributed by atoms with van der Waals surface area (Å²) in [5.41, 5.74) is 2.77. The first kappa shape index (κ1) is 20.0. The lowest BCUT2D eigenvalue weighted by molar-refractivity contribution is 0.0864. The van der Waals surface area contributed by atoms with Crippen LogP contribution in [0.5, 0.6) is 0 Å². The minimum atomic E-state index is -0.174. The van der Waals surface area contributed by atoms with Gasteiger partial charge in [0.1, 0.15) is 5.58 Å². The van der Waals surface area contributed by atoms with Crippen molar-refractivity contribution in [1.29, 1.82) is 0 Å². The predicted octanol–water partition coefficient (Wildman–Crippen LogP) is 4.11. The number of carbonyl (C=O) groups excluding carboxylic acids is 1. The second-order valence-corrected chi connectivity index (χ2v) is 8.11. The Morgan fingerprint density at radius 3 is 2.48 bits per heavy atom. The van der Waals surface area contributed by atoms with Gasteiger partial charge in [-0.15, -0.1) is 0 Å². The topological polar surface area (TPSA) is 48.7 Å². The standard InChI is InChI=1S/C23H26ClN3O2/c1-16-19-5-3-4-6-21(19)29-22(16)23(28)25-15-20(17-7-9-18(24)10-8-17)27-13-11-26(2)12-14-27/h3-10,20H,11-15H2,1-2H3,(H,25,28). The fourth-order valence-electron chi connectivity index (χ4n) is 3.94. The van der Waals surface area contributed by atoms with Crippen LogP contribution < -0.4 is 5.32 Å². The number of aryl methyl sites for hydroxylation is 1. The number of para-hydroxylation sites is 1. The van der Waals surface area contributed by atoms with Crippen LogP contribution in [-0.4, -0.2) is 55.5 Å². The van der Waals surface area contributed by atoms with E-state index in [9.17, 15) is 4.79 Å². The highest BCUT2D eigenvalue weighted by atomic mass is 35.5. The number of benzene rings is 2. The van der Waals surface area contributed by atoms with Gasteiger partial charge in [-0.25, -0.2) is 0 Å². The van der Waals surface area contributed by atoms with Gasteiger partial charge < -0.3 is 14.6 Å². The number of amides is 1. The summed E-state index contributed by atoms with van der Waals surface area (Å²) in [6.45, 7) is 6.40. The molecule has 1 N–H and O–H groups in total. The van der Waals surface area contributed by atoms with E-state index in [1.807, 2.05) is 55.5 Å². The Labute approximate surface area is 176 Å². The van der Waals surface area contributed by atoms with Gasteiger partial charge in [0.05, 0.1) is 6.04 Å². The van der Waals surface area contributed by atoms with Crippen LogP contribution in [0.4, 0.5) is 0 Å². The average Bonchev–Trinajstić information content (AvgIpc) is 3.07. The molecule has 5 nitrogen and oxygen atoms in total. The summed E-state index contributed by atoms with van der Waals surface area (Å²) >= 11 is 6.08. The molecule has 3 aromatic rings. The van der Waals surface area contributed by atoms with Gasteiger partial charge in [0, 0.05) is 48.7 Å². The highest BCUT2D eigenvalue weighted by Crippen LogP contribution is 2.26. The molecule has 2 aromatic carbocycles. The van der Waals surface area contributed by atoms with E-state index in [2.05, 4.69) is 22.2 Å². The number of hydrogen-bond donors (Lipinski definition) is 1. The Hall–Kier alpha value is -2.34. The highest BCUT2D eigenvalue weighted by molar-refractivity contribution is 6.30. The van der Waals surface area contributed by atoms with Gasteiger partial charge in [-0.05, 0) is 37.7 Å². The molecule has 1 aliphatic rings. The molecule has 4 rings (SSSR count). The molecule has 1 aliphatic heterocycles. The Balaban J connectivity index is 1.53. The van der Waals surface area contributed by atoms with E-state index in [0.29, 0.717) is 17.3 Å². The van der Waals surface area contributed by atoms with Crippen molar-refractivity contribution in [1.82, 2.24) is 15.1 Å². The number of fused-ring (bicyclic) bond motifs is 1. The molecule has 0 spiro atoms. The quantitative estimate of drug-likeness (QED) is 0.686. The lowest BCUT2D eigenvalue weighted by Gasteiger charge is -2.38. The summed E-state index contributed by atoms with van der Waals surface area (Å²) in [4.78, 5) is 17.7. The van der Waals surface area contributed by atoms with E-state index in [-0.39, 0.29) is 11.9 Å². The number of halogens is 1. The van der Waals surface area contributed by atoms with E-state index in [0.717, 1.165) is 48.3 Å². The number of rotatable bonds is 5. The van der Waals surface area contributed by atoms with Crippen molar-refractivity contribution < 1.29 is 9.21 Å². The minimum Gasteiger partial charge on any atom is -0.451 e. The Morgan fingerprint density at radius 1 is 1.10 bits per heavy atom. The van der Waals surface area contributed by atoms with Crippen molar-refractivity contribution >= 4 is 28.5 Å². The summed E-state index contributed by atoms with van der Waals surface area (Å²) in [7, 11) is 2.14. The van der Waals surface area contributed by atoms with E-state index in [1.54, 1.807) is 0 Å². The third kappa shape index (κ3) is 4.32. The molecule has 1 fully saturated rings. The summed E-state index contributed by atoms with van der Waals surface area (Å²) in [5, 5.41) is 4.79. The lowest BCUT2D eigenvalue weighted by Crippen LogP contribution is -2.48. The third-order valence-corrected chi connectivity index (χ3v) is 5.99. The number of carbonyl (C=O) groups is 1. The molecule has 1 unspecified atom stereocenters. The zero-order chi connectivity index (χ0) is 20.4. The third-order valence-electron chi connectivity index (χ3n) is 5.74. The maximum absolute atomic E-state index is 12.9. The molecular formula is C23H26ClN3O2. The molecule has 0 bridgehead atoms. The molecule has 0 saturated carbocycles. The molecule has 0 radical (unpaired) electrons. The summed E-state index contributed by atoms with van der Waals surface area (Å²) < 4.78 is 5.82. The van der Waals surface area contributed by atoms with Crippen LogP contribution in [0.2, 0.25) is 5.02 Å². The number of nitrogens with one attached hydrogen (secondary N) is 1. The molecule has 1 amide bonds. The van der Waals surface area contributed by atoms with E-state index in [4.69, 9.17) is 16.0 Å². The van der Waals surface area contributed by atoms with Gasteiger partial charge in [0.2, 0.25) is 0 Å². The monoisotopic (exact) mass is 411 g/mol. The maximum atomic E-state index is 12.9. The predicted molar refractivity (Wildman–Crippen MR) is 117 cm³/mol. The van der Waals surface area contributed by atoms with Crippen molar-refractivity contribution in [3.05, 3.63) is 70.4 Å². The van der Waals surface area contributed by atoms with Crippen LogP contribution in [-0.2, 0) is 0 Å². The van der Waals surface area contributed by atoms with Crippen LogP contribution in [0.15, 0.2) is 52.9 Å². The van der Waals surface area contributed by atoms with E-state index < -0.39 is 0 Å². The first-order valence-corrected chi connectivity index (χ1v) is 10.3. The van der Waals surface area contributed by atoms with Crippen molar-refractivity contribution in [2.45, 2.75) is 13.0 Å². The fraction of sp³-hybridized carbons (Fsp3) is 0.348. The number of nitrogens with zero attached hydrogens (tertiary/aromatic N) is 2. The first-order valence-electron chi connectivity index (χ1n) is 9.97. The molecule has 1 saturated heterocycles. The minimum absolute atomic E-state index is 0.0922. The van der Waals surface area contributed by atoms with Crippen LogP contribution in [0.25, 0.3) is 11.0 Å². The normalized spacial score (nSPS) is 16.8. The van der Waals surface area contributed by atoms with Gasteiger partial charge in [0.25, 0.3) is 5.91 Å². The number of furan rings is 1. The molecule has 29 heavy (non-hydrogen) atoms. The van der Waals surface area contributed by atoms with Crippen molar-refractivity contribution in [3.63, 3.8) is 0 Å². The van der Waals surface area contributed by atoms with Gasteiger partial charge in [-0.1, -0.05) is 41.9 Å². The highest BCUT2D eigenvalue weighted by Gasteiger charge is 2.25. The van der Waals surface area contributed by atoms with Gasteiger partial charge in [0.15, 0.2) is 5.76 Å². The largest absolute Gasteiger partial charge is 0.451 e. The second kappa shape index (κ2) is 8.57. The van der Waals surface area contributed by atoms with Crippen molar-refractivity contribution in [3.8, 4) is 0 Å². The van der Waals surface area contributed by atoms with Gasteiger partial charge >= 0.3 is 0 Å². The maximum Gasteiger partial charge on any atom is 0.287 e. The van der Waals surface area contributed by atoms with Crippen LogP contribution in [0.3, 0.4) is 0 Å². The van der Waals surface area contributed by atoms with Crippen molar-refractivity contribution in [2.24, 2.45) is 0 Å². The van der Waals surface area contributed by atoms with Crippen LogP contribution >= 0.6 is 11.6 Å². The molecule has 152 valence electrons. The Morgan fingerprint density at radius 2 is 1.79 bits per heavy atom. The van der Waals surface area contributed by atoms with Gasteiger partial charge in [-0.3, -0.25) is 9.69 Å². The SMILES string of the molecule is Cc1c(C(=O)NCC(c2ccc(Cl)cc2)N2CCN(C)CC2)oc2ccccc12. The molecule has 1 atom stereocenters.